The Bertz CT molecular complexity index is 596. The minimum Gasteiger partial charge on any atom is -0.345 e. The maximum absolute atomic E-state index is 4.36. The molecule has 1 heterocycles. The Hall–Kier alpha value is -2.09. The molecule has 0 fully saturated rings. The zero-order valence-corrected chi connectivity index (χ0v) is 8.85. The number of nitrogens with one attached hydrogen (secondary N) is 1. The van der Waals surface area contributed by atoms with E-state index in [0.29, 0.717) is 0 Å². The number of hydrogen-bond acceptors (Lipinski definition) is 1. The van der Waals surface area contributed by atoms with Crippen LogP contribution in [0.2, 0.25) is 0 Å². The van der Waals surface area contributed by atoms with E-state index in [2.05, 4.69) is 52.4 Å². The summed E-state index contributed by atoms with van der Waals surface area (Å²) in [6.45, 7) is 0. The lowest BCUT2D eigenvalue weighted by molar-refractivity contribution is 1.20. The Balaban J connectivity index is 2.04. The van der Waals surface area contributed by atoms with Crippen LogP contribution in [0.4, 0.5) is 0 Å². The number of fused-ring (bicyclic) bond motifs is 1. The molecule has 0 atom stereocenters. The summed E-state index contributed by atoms with van der Waals surface area (Å²) in [7, 11) is 0. The van der Waals surface area contributed by atoms with Gasteiger partial charge in [0.25, 0.3) is 0 Å². The summed E-state index contributed by atoms with van der Waals surface area (Å²) in [5.41, 5.74) is 4.77. The molecule has 0 radical (unpaired) electrons. The van der Waals surface area contributed by atoms with Gasteiger partial charge in [0.05, 0.1) is 17.4 Å². The molecule has 0 bridgehead atoms. The van der Waals surface area contributed by atoms with Gasteiger partial charge in [0.1, 0.15) is 0 Å². The van der Waals surface area contributed by atoms with Crippen molar-refractivity contribution in [2.45, 2.75) is 6.42 Å². The fourth-order valence-corrected chi connectivity index (χ4v) is 1.99. The predicted molar refractivity (Wildman–Crippen MR) is 65.3 cm³/mol. The minimum atomic E-state index is 0.934. The summed E-state index contributed by atoms with van der Waals surface area (Å²) in [5.74, 6) is 0. The largest absolute Gasteiger partial charge is 0.345 e. The maximum atomic E-state index is 4.36. The van der Waals surface area contributed by atoms with Crippen LogP contribution in [0.3, 0.4) is 0 Å². The van der Waals surface area contributed by atoms with Gasteiger partial charge >= 0.3 is 0 Å². The number of para-hydroxylation sites is 1. The van der Waals surface area contributed by atoms with Crippen molar-refractivity contribution >= 4 is 11.0 Å². The van der Waals surface area contributed by atoms with Crippen molar-refractivity contribution in [3.05, 3.63) is 66.0 Å². The summed E-state index contributed by atoms with van der Waals surface area (Å²) in [6, 6.07) is 16.7. The minimum absolute atomic E-state index is 0.934. The highest BCUT2D eigenvalue weighted by atomic mass is 14.9. The average Bonchev–Trinajstić information content (AvgIpc) is 2.80. The van der Waals surface area contributed by atoms with Crippen LogP contribution in [0.15, 0.2) is 54.9 Å². The monoisotopic (exact) mass is 208 g/mol. The molecule has 0 aliphatic carbocycles. The van der Waals surface area contributed by atoms with Crippen molar-refractivity contribution in [2.75, 3.05) is 0 Å². The summed E-state index contributed by atoms with van der Waals surface area (Å²) < 4.78 is 0. The zero-order chi connectivity index (χ0) is 10.8. The smallest absolute Gasteiger partial charge is 0.0931 e. The number of nitrogens with zero attached hydrogens (tertiary/aromatic N) is 1. The fraction of sp³-hybridized carbons (Fsp3) is 0.0714. The van der Waals surface area contributed by atoms with E-state index in [1.165, 1.54) is 11.1 Å². The van der Waals surface area contributed by atoms with Crippen molar-refractivity contribution in [3.63, 3.8) is 0 Å². The van der Waals surface area contributed by atoms with Crippen LogP contribution in [0.25, 0.3) is 11.0 Å². The summed E-state index contributed by atoms with van der Waals surface area (Å²) in [5, 5.41) is 0. The molecule has 2 aromatic carbocycles. The highest BCUT2D eigenvalue weighted by Gasteiger charge is 2.03. The summed E-state index contributed by atoms with van der Waals surface area (Å²) in [4.78, 5) is 7.49. The van der Waals surface area contributed by atoms with Crippen molar-refractivity contribution in [1.29, 1.82) is 0 Å². The van der Waals surface area contributed by atoms with E-state index in [4.69, 9.17) is 0 Å². The molecule has 0 aliphatic rings. The molecule has 1 N–H and O–H groups in total. The first kappa shape index (κ1) is 9.16. The Labute approximate surface area is 94.0 Å². The molecule has 0 amide bonds. The van der Waals surface area contributed by atoms with Gasteiger partial charge in [0.2, 0.25) is 0 Å². The van der Waals surface area contributed by atoms with E-state index < -0.39 is 0 Å². The summed E-state index contributed by atoms with van der Waals surface area (Å²) >= 11 is 0. The Morgan fingerprint density at radius 1 is 0.938 bits per heavy atom. The molecule has 3 aromatic rings. The first-order valence-electron chi connectivity index (χ1n) is 5.38. The molecule has 78 valence electrons. The van der Waals surface area contributed by atoms with E-state index in [9.17, 15) is 0 Å². The number of imidazole rings is 1. The van der Waals surface area contributed by atoms with Gasteiger partial charge in [0.15, 0.2) is 0 Å². The summed E-state index contributed by atoms with van der Waals surface area (Å²) in [6.07, 6.45) is 2.68. The number of benzene rings is 2. The van der Waals surface area contributed by atoms with E-state index in [1.807, 2.05) is 6.07 Å². The quantitative estimate of drug-likeness (QED) is 0.688. The normalized spacial score (nSPS) is 10.8. The first-order chi connectivity index (χ1) is 7.93. The van der Waals surface area contributed by atoms with E-state index in [-0.39, 0.29) is 0 Å². The van der Waals surface area contributed by atoms with Crippen LogP contribution in [-0.4, -0.2) is 9.97 Å². The third-order valence-electron chi connectivity index (χ3n) is 2.77. The van der Waals surface area contributed by atoms with Crippen LogP contribution in [-0.2, 0) is 6.42 Å². The van der Waals surface area contributed by atoms with Gasteiger partial charge < -0.3 is 4.98 Å². The van der Waals surface area contributed by atoms with Crippen LogP contribution >= 0.6 is 0 Å². The van der Waals surface area contributed by atoms with Gasteiger partial charge in [-0.25, -0.2) is 4.98 Å². The molecule has 0 spiro atoms. The standard InChI is InChI=1S/C14H12N2/c1-2-5-11(6-3-1)9-12-7-4-8-13-14(12)16-10-15-13/h1-8,10H,9H2,(H,15,16). The Morgan fingerprint density at radius 3 is 2.69 bits per heavy atom. The lowest BCUT2D eigenvalue weighted by Crippen LogP contribution is -1.89. The number of aromatic nitrogens is 2. The van der Waals surface area contributed by atoms with Crippen molar-refractivity contribution in [2.24, 2.45) is 0 Å². The second kappa shape index (κ2) is 3.81. The number of aromatic amines is 1. The second-order valence-corrected chi connectivity index (χ2v) is 3.88. The maximum Gasteiger partial charge on any atom is 0.0931 e. The van der Waals surface area contributed by atoms with Crippen molar-refractivity contribution < 1.29 is 0 Å². The number of H-pyrrole nitrogens is 1. The van der Waals surface area contributed by atoms with Crippen LogP contribution in [0.5, 0.6) is 0 Å². The molecule has 16 heavy (non-hydrogen) atoms. The molecule has 0 unspecified atom stereocenters. The van der Waals surface area contributed by atoms with Gasteiger partial charge in [-0.05, 0) is 23.6 Å². The van der Waals surface area contributed by atoms with Crippen molar-refractivity contribution in [3.8, 4) is 0 Å². The molecule has 2 nitrogen and oxygen atoms in total. The lowest BCUT2D eigenvalue weighted by Gasteiger charge is -2.02. The molecule has 2 heteroatoms. The molecule has 1 aromatic heterocycles. The molecular weight excluding hydrogens is 196 g/mol. The number of hydrogen-bond donors (Lipinski definition) is 1. The molecule has 0 saturated heterocycles. The van der Waals surface area contributed by atoms with Crippen LogP contribution in [0.1, 0.15) is 11.1 Å². The van der Waals surface area contributed by atoms with E-state index in [1.54, 1.807) is 6.33 Å². The predicted octanol–water partition coefficient (Wildman–Crippen LogP) is 3.15. The highest BCUT2D eigenvalue weighted by Crippen LogP contribution is 2.17. The van der Waals surface area contributed by atoms with Crippen molar-refractivity contribution in [1.82, 2.24) is 9.97 Å². The third kappa shape index (κ3) is 1.58. The third-order valence-corrected chi connectivity index (χ3v) is 2.77. The number of rotatable bonds is 2. The van der Waals surface area contributed by atoms with Gasteiger partial charge in [-0.2, -0.15) is 0 Å². The molecule has 0 aliphatic heterocycles. The van der Waals surface area contributed by atoms with E-state index >= 15 is 0 Å². The van der Waals surface area contributed by atoms with Gasteiger partial charge in [0, 0.05) is 0 Å². The fourth-order valence-electron chi connectivity index (χ4n) is 1.99. The molecular formula is C14H12N2. The van der Waals surface area contributed by atoms with Crippen LogP contribution in [0, 0.1) is 0 Å². The zero-order valence-electron chi connectivity index (χ0n) is 8.85. The SMILES string of the molecule is c1ccc(Cc2cccc3[nH]cnc23)cc1. The topological polar surface area (TPSA) is 28.7 Å². The van der Waals surface area contributed by atoms with Gasteiger partial charge in [-0.1, -0.05) is 42.5 Å². The lowest BCUT2D eigenvalue weighted by atomic mass is 10.0. The van der Waals surface area contributed by atoms with E-state index in [0.717, 1.165) is 17.5 Å². The molecule has 3 rings (SSSR count). The van der Waals surface area contributed by atoms with Gasteiger partial charge in [-0.3, -0.25) is 0 Å². The highest BCUT2D eigenvalue weighted by molar-refractivity contribution is 5.78. The Morgan fingerprint density at radius 2 is 1.81 bits per heavy atom. The Kier molecular flexibility index (Phi) is 2.18. The van der Waals surface area contributed by atoms with Crippen LogP contribution < -0.4 is 0 Å². The van der Waals surface area contributed by atoms with Gasteiger partial charge in [-0.15, -0.1) is 0 Å². The molecule has 0 saturated carbocycles. The second-order valence-electron chi connectivity index (χ2n) is 3.88. The average molecular weight is 208 g/mol. The first-order valence-corrected chi connectivity index (χ1v) is 5.38.